The Labute approximate surface area is 157 Å². The molecule has 5 heteroatoms. The molecular formula is C21H34N4O. The number of nitrogens with zero attached hydrogens (tertiary/aromatic N) is 4. The summed E-state index contributed by atoms with van der Waals surface area (Å²) in [6.45, 7) is 8.30. The van der Waals surface area contributed by atoms with Gasteiger partial charge in [-0.05, 0) is 37.5 Å². The molecule has 4 rings (SSSR count). The van der Waals surface area contributed by atoms with Gasteiger partial charge in [-0.15, -0.1) is 0 Å². The second-order valence-corrected chi connectivity index (χ2v) is 9.02. The van der Waals surface area contributed by atoms with E-state index in [0.29, 0.717) is 30.3 Å². The minimum atomic E-state index is 0.341. The third-order valence-electron chi connectivity index (χ3n) is 6.58. The zero-order valence-electron chi connectivity index (χ0n) is 16.4. The molecule has 2 heterocycles. The van der Waals surface area contributed by atoms with Crippen LogP contribution in [0.15, 0.2) is 12.5 Å². The fourth-order valence-electron chi connectivity index (χ4n) is 4.76. The zero-order valence-corrected chi connectivity index (χ0v) is 16.4. The number of aromatic nitrogens is 2. The summed E-state index contributed by atoms with van der Waals surface area (Å²) in [6.07, 6.45) is 12.6. The number of carbonyl (C=O) groups is 1. The van der Waals surface area contributed by atoms with Crippen molar-refractivity contribution in [2.24, 2.45) is 11.8 Å². The molecule has 2 aliphatic carbocycles. The Hall–Kier alpha value is -1.36. The lowest BCUT2D eigenvalue weighted by Gasteiger charge is -2.35. The first-order chi connectivity index (χ1) is 12.6. The predicted molar refractivity (Wildman–Crippen MR) is 103 cm³/mol. The number of imidazole rings is 1. The van der Waals surface area contributed by atoms with Crippen LogP contribution >= 0.6 is 0 Å². The summed E-state index contributed by atoms with van der Waals surface area (Å²) in [5.41, 5.74) is 1.32. The van der Waals surface area contributed by atoms with Gasteiger partial charge in [-0.1, -0.05) is 26.7 Å². The van der Waals surface area contributed by atoms with Crippen LogP contribution in [0.3, 0.4) is 0 Å². The Morgan fingerprint density at radius 1 is 1.19 bits per heavy atom. The van der Waals surface area contributed by atoms with E-state index in [1.807, 2.05) is 12.5 Å². The Balaban J connectivity index is 1.47. The van der Waals surface area contributed by atoms with Gasteiger partial charge in [0.15, 0.2) is 0 Å². The molecule has 1 aromatic heterocycles. The highest BCUT2D eigenvalue weighted by Crippen LogP contribution is 2.33. The molecule has 0 aromatic carbocycles. The lowest BCUT2D eigenvalue weighted by atomic mass is 10.0. The molecule has 26 heavy (non-hydrogen) atoms. The molecule has 3 aliphatic rings. The van der Waals surface area contributed by atoms with E-state index >= 15 is 0 Å². The number of hydrogen-bond acceptors (Lipinski definition) is 3. The Morgan fingerprint density at radius 3 is 2.65 bits per heavy atom. The van der Waals surface area contributed by atoms with E-state index in [4.69, 9.17) is 0 Å². The quantitative estimate of drug-likeness (QED) is 0.782. The lowest BCUT2D eigenvalue weighted by molar-refractivity contribution is -0.133. The number of rotatable bonds is 6. The SMILES string of the molecule is CC(C)C1CN(Cc2cncn2C2CCCC2)CCC(=O)N1CC1CC1. The summed E-state index contributed by atoms with van der Waals surface area (Å²) in [4.78, 5) is 22.0. The third-order valence-corrected chi connectivity index (χ3v) is 6.58. The van der Waals surface area contributed by atoms with Crippen LogP contribution in [-0.4, -0.2) is 50.9 Å². The van der Waals surface area contributed by atoms with Crippen LogP contribution in [0.25, 0.3) is 0 Å². The summed E-state index contributed by atoms with van der Waals surface area (Å²) in [5.74, 6) is 1.62. The highest BCUT2D eigenvalue weighted by Gasteiger charge is 2.35. The standard InChI is InChI=1S/C21H34N4O/c1-16(2)20-14-23(10-9-21(26)24(20)12-17-7-8-17)13-19-11-22-15-25(19)18-5-3-4-6-18/h11,15-18,20H,3-10,12-14H2,1-2H3. The fourth-order valence-corrected chi connectivity index (χ4v) is 4.76. The number of hydrogen-bond donors (Lipinski definition) is 0. The summed E-state index contributed by atoms with van der Waals surface area (Å²) in [6, 6.07) is 0.974. The normalized spacial score (nSPS) is 26.0. The van der Waals surface area contributed by atoms with Crippen LogP contribution in [-0.2, 0) is 11.3 Å². The van der Waals surface area contributed by atoms with Crippen LogP contribution in [0.4, 0.5) is 0 Å². The van der Waals surface area contributed by atoms with Gasteiger partial charge in [-0.2, -0.15) is 0 Å². The van der Waals surface area contributed by atoms with Gasteiger partial charge in [0.25, 0.3) is 0 Å². The van der Waals surface area contributed by atoms with Gasteiger partial charge in [0.05, 0.1) is 12.0 Å². The third kappa shape index (κ3) is 3.98. The summed E-state index contributed by atoms with van der Waals surface area (Å²) >= 11 is 0. The summed E-state index contributed by atoms with van der Waals surface area (Å²) in [5, 5.41) is 0. The van der Waals surface area contributed by atoms with Gasteiger partial charge < -0.3 is 9.47 Å². The highest BCUT2D eigenvalue weighted by molar-refractivity contribution is 5.77. The van der Waals surface area contributed by atoms with Gasteiger partial charge in [-0.25, -0.2) is 4.98 Å². The summed E-state index contributed by atoms with van der Waals surface area (Å²) < 4.78 is 2.41. The number of amides is 1. The summed E-state index contributed by atoms with van der Waals surface area (Å²) in [7, 11) is 0. The maximum atomic E-state index is 12.8. The van der Waals surface area contributed by atoms with E-state index in [1.165, 1.54) is 44.2 Å². The molecule has 1 aromatic rings. The molecule has 1 amide bonds. The van der Waals surface area contributed by atoms with E-state index < -0.39 is 0 Å². The molecule has 144 valence electrons. The minimum Gasteiger partial charge on any atom is -0.338 e. The maximum Gasteiger partial charge on any atom is 0.224 e. The zero-order chi connectivity index (χ0) is 18.1. The smallest absolute Gasteiger partial charge is 0.224 e. The average Bonchev–Trinajstić information content (AvgIpc) is 3.11. The van der Waals surface area contributed by atoms with Crippen LogP contribution in [0, 0.1) is 11.8 Å². The van der Waals surface area contributed by atoms with Crippen LogP contribution < -0.4 is 0 Å². The van der Waals surface area contributed by atoms with Crippen LogP contribution in [0.5, 0.6) is 0 Å². The molecule has 1 atom stereocenters. The highest BCUT2D eigenvalue weighted by atomic mass is 16.2. The molecule has 1 unspecified atom stereocenters. The van der Waals surface area contributed by atoms with Crippen molar-refractivity contribution in [3.63, 3.8) is 0 Å². The van der Waals surface area contributed by atoms with E-state index in [9.17, 15) is 4.79 Å². The molecule has 2 saturated carbocycles. The van der Waals surface area contributed by atoms with Gasteiger partial charge in [0.2, 0.25) is 5.91 Å². The predicted octanol–water partition coefficient (Wildman–Crippen LogP) is 3.47. The Kier molecular flexibility index (Phi) is 5.35. The topological polar surface area (TPSA) is 41.4 Å². The first-order valence-electron chi connectivity index (χ1n) is 10.6. The Morgan fingerprint density at radius 2 is 1.96 bits per heavy atom. The maximum absolute atomic E-state index is 12.8. The average molecular weight is 359 g/mol. The molecule has 5 nitrogen and oxygen atoms in total. The van der Waals surface area contributed by atoms with Gasteiger partial charge >= 0.3 is 0 Å². The molecule has 0 N–H and O–H groups in total. The molecule has 1 aliphatic heterocycles. The van der Waals surface area contributed by atoms with Crippen molar-refractivity contribution in [2.75, 3.05) is 19.6 Å². The van der Waals surface area contributed by atoms with E-state index in [-0.39, 0.29) is 0 Å². The van der Waals surface area contributed by atoms with E-state index in [2.05, 4.69) is 33.2 Å². The van der Waals surface area contributed by atoms with Gasteiger partial charge in [0.1, 0.15) is 0 Å². The second kappa shape index (κ2) is 7.71. The molecule has 3 fully saturated rings. The van der Waals surface area contributed by atoms with Crippen molar-refractivity contribution in [1.82, 2.24) is 19.4 Å². The van der Waals surface area contributed by atoms with Crippen molar-refractivity contribution in [1.29, 1.82) is 0 Å². The first-order valence-corrected chi connectivity index (χ1v) is 10.6. The van der Waals surface area contributed by atoms with Gasteiger partial charge in [0, 0.05) is 50.9 Å². The second-order valence-electron chi connectivity index (χ2n) is 9.02. The van der Waals surface area contributed by atoms with Crippen LogP contribution in [0.2, 0.25) is 0 Å². The monoisotopic (exact) mass is 358 g/mol. The fraction of sp³-hybridized carbons (Fsp3) is 0.810. The van der Waals surface area contributed by atoms with Gasteiger partial charge in [-0.3, -0.25) is 9.69 Å². The van der Waals surface area contributed by atoms with E-state index in [1.54, 1.807) is 0 Å². The van der Waals surface area contributed by atoms with Crippen molar-refractivity contribution in [2.45, 2.75) is 77.4 Å². The van der Waals surface area contributed by atoms with Crippen molar-refractivity contribution < 1.29 is 4.79 Å². The Bertz CT molecular complexity index is 615. The van der Waals surface area contributed by atoms with Crippen molar-refractivity contribution in [3.8, 4) is 0 Å². The molecule has 0 spiro atoms. The van der Waals surface area contributed by atoms with Crippen molar-refractivity contribution in [3.05, 3.63) is 18.2 Å². The molecular weight excluding hydrogens is 324 g/mol. The molecule has 0 radical (unpaired) electrons. The van der Waals surface area contributed by atoms with Crippen LogP contribution in [0.1, 0.15) is 70.5 Å². The minimum absolute atomic E-state index is 0.341. The van der Waals surface area contributed by atoms with E-state index in [0.717, 1.165) is 32.1 Å². The largest absolute Gasteiger partial charge is 0.338 e. The lowest BCUT2D eigenvalue weighted by Crippen LogP contribution is -2.47. The van der Waals surface area contributed by atoms with Crippen molar-refractivity contribution >= 4 is 5.91 Å². The molecule has 1 saturated heterocycles. The first kappa shape index (κ1) is 18.0. The molecule has 0 bridgehead atoms. The number of carbonyl (C=O) groups excluding carboxylic acids is 1.